The molecular formula is C16H27N3O. The van der Waals surface area contributed by atoms with Crippen molar-refractivity contribution in [3.05, 3.63) is 23.8 Å². The molecular weight excluding hydrogens is 250 g/mol. The van der Waals surface area contributed by atoms with Gasteiger partial charge in [-0.1, -0.05) is 32.1 Å². The number of methoxy groups -OCH3 is 1. The van der Waals surface area contributed by atoms with E-state index in [1.807, 2.05) is 12.4 Å². The third kappa shape index (κ3) is 5.17. The Hall–Kier alpha value is -1.00. The third-order valence-electron chi connectivity index (χ3n) is 4.01. The van der Waals surface area contributed by atoms with Crippen LogP contribution >= 0.6 is 0 Å². The van der Waals surface area contributed by atoms with Gasteiger partial charge in [-0.2, -0.15) is 0 Å². The number of hydrogen-bond acceptors (Lipinski definition) is 4. The van der Waals surface area contributed by atoms with E-state index >= 15 is 0 Å². The summed E-state index contributed by atoms with van der Waals surface area (Å²) in [5.74, 6) is 1.62. The highest BCUT2D eigenvalue weighted by Crippen LogP contribution is 2.28. The molecule has 0 atom stereocenters. The lowest BCUT2D eigenvalue weighted by Gasteiger charge is -2.18. The van der Waals surface area contributed by atoms with Crippen molar-refractivity contribution in [1.29, 1.82) is 0 Å². The SMILES string of the molecule is COCCNCc1cnc(C2CCCCCCC2)nc1. The molecule has 0 aliphatic heterocycles. The molecule has 20 heavy (non-hydrogen) atoms. The van der Waals surface area contributed by atoms with E-state index in [0.717, 1.165) is 31.1 Å². The van der Waals surface area contributed by atoms with E-state index in [1.54, 1.807) is 7.11 Å². The van der Waals surface area contributed by atoms with E-state index in [9.17, 15) is 0 Å². The first-order valence-corrected chi connectivity index (χ1v) is 7.90. The van der Waals surface area contributed by atoms with Crippen LogP contribution in [0.15, 0.2) is 12.4 Å². The molecule has 1 fully saturated rings. The summed E-state index contributed by atoms with van der Waals surface area (Å²) in [6, 6.07) is 0. The lowest BCUT2D eigenvalue weighted by molar-refractivity contribution is 0.199. The Morgan fingerprint density at radius 2 is 1.75 bits per heavy atom. The van der Waals surface area contributed by atoms with Gasteiger partial charge in [-0.25, -0.2) is 9.97 Å². The smallest absolute Gasteiger partial charge is 0.131 e. The maximum absolute atomic E-state index is 5.01. The second-order valence-corrected chi connectivity index (χ2v) is 5.66. The van der Waals surface area contributed by atoms with Crippen molar-refractivity contribution < 1.29 is 4.74 Å². The van der Waals surface area contributed by atoms with Gasteiger partial charge in [0.1, 0.15) is 5.82 Å². The van der Waals surface area contributed by atoms with Crippen molar-refractivity contribution in [3.8, 4) is 0 Å². The average molecular weight is 277 g/mol. The average Bonchev–Trinajstić information content (AvgIpc) is 2.44. The molecule has 0 aromatic carbocycles. The molecule has 1 N–H and O–H groups in total. The lowest BCUT2D eigenvalue weighted by atomic mass is 9.90. The van der Waals surface area contributed by atoms with Gasteiger partial charge in [-0.05, 0) is 12.8 Å². The van der Waals surface area contributed by atoms with Crippen molar-refractivity contribution >= 4 is 0 Å². The topological polar surface area (TPSA) is 47.0 Å². The summed E-state index contributed by atoms with van der Waals surface area (Å²) < 4.78 is 5.01. The summed E-state index contributed by atoms with van der Waals surface area (Å²) >= 11 is 0. The summed E-state index contributed by atoms with van der Waals surface area (Å²) in [6.45, 7) is 2.41. The highest BCUT2D eigenvalue weighted by Gasteiger charge is 2.15. The van der Waals surface area contributed by atoms with Crippen LogP contribution < -0.4 is 5.32 Å². The third-order valence-corrected chi connectivity index (χ3v) is 4.01. The van der Waals surface area contributed by atoms with Crippen LogP contribution in [0.2, 0.25) is 0 Å². The minimum Gasteiger partial charge on any atom is -0.383 e. The van der Waals surface area contributed by atoms with Crippen LogP contribution in [-0.2, 0) is 11.3 Å². The van der Waals surface area contributed by atoms with Crippen molar-refractivity contribution in [1.82, 2.24) is 15.3 Å². The monoisotopic (exact) mass is 277 g/mol. The maximum Gasteiger partial charge on any atom is 0.131 e. The highest BCUT2D eigenvalue weighted by atomic mass is 16.5. The van der Waals surface area contributed by atoms with Crippen LogP contribution in [0.3, 0.4) is 0 Å². The fourth-order valence-corrected chi connectivity index (χ4v) is 2.79. The van der Waals surface area contributed by atoms with Crippen LogP contribution in [0, 0.1) is 0 Å². The molecule has 4 heteroatoms. The second kappa shape index (κ2) is 9.03. The summed E-state index contributed by atoms with van der Waals surface area (Å²) in [4.78, 5) is 9.18. The number of rotatable bonds is 6. The molecule has 1 aliphatic rings. The molecule has 1 aromatic rings. The number of nitrogens with one attached hydrogen (secondary N) is 1. The Kier molecular flexibility index (Phi) is 6.95. The Morgan fingerprint density at radius 1 is 1.10 bits per heavy atom. The first-order valence-electron chi connectivity index (χ1n) is 7.90. The minimum atomic E-state index is 0.575. The van der Waals surface area contributed by atoms with Gasteiger partial charge < -0.3 is 10.1 Å². The Morgan fingerprint density at radius 3 is 2.40 bits per heavy atom. The summed E-state index contributed by atoms with van der Waals surface area (Å²) in [5, 5.41) is 3.31. The van der Waals surface area contributed by atoms with Crippen LogP contribution in [0.5, 0.6) is 0 Å². The molecule has 1 saturated carbocycles. The van der Waals surface area contributed by atoms with Gasteiger partial charge in [0.15, 0.2) is 0 Å². The van der Waals surface area contributed by atoms with Crippen molar-refractivity contribution in [3.63, 3.8) is 0 Å². The highest BCUT2D eigenvalue weighted by molar-refractivity contribution is 5.07. The van der Waals surface area contributed by atoms with E-state index in [1.165, 1.54) is 44.9 Å². The molecule has 1 aliphatic carbocycles. The minimum absolute atomic E-state index is 0.575. The molecule has 0 spiro atoms. The summed E-state index contributed by atoms with van der Waals surface area (Å²) in [5.41, 5.74) is 1.15. The Labute approximate surface area is 122 Å². The normalized spacial score (nSPS) is 17.6. The van der Waals surface area contributed by atoms with Crippen LogP contribution in [-0.4, -0.2) is 30.2 Å². The molecule has 1 aromatic heterocycles. The largest absolute Gasteiger partial charge is 0.383 e. The van der Waals surface area contributed by atoms with Crippen molar-refractivity contribution in [2.45, 2.75) is 57.4 Å². The molecule has 0 amide bonds. The van der Waals surface area contributed by atoms with Crippen LogP contribution in [0.1, 0.15) is 62.3 Å². The molecule has 112 valence electrons. The Bertz CT molecular complexity index is 358. The molecule has 2 rings (SSSR count). The lowest BCUT2D eigenvalue weighted by Crippen LogP contribution is -2.19. The first-order chi connectivity index (χ1) is 9.90. The van der Waals surface area contributed by atoms with Gasteiger partial charge in [-0.3, -0.25) is 0 Å². The van der Waals surface area contributed by atoms with Gasteiger partial charge in [0.05, 0.1) is 6.61 Å². The number of ether oxygens (including phenoxy) is 1. The molecule has 0 saturated heterocycles. The van der Waals surface area contributed by atoms with Crippen LogP contribution in [0.25, 0.3) is 0 Å². The van der Waals surface area contributed by atoms with Gasteiger partial charge in [0.2, 0.25) is 0 Å². The van der Waals surface area contributed by atoms with E-state index in [2.05, 4.69) is 15.3 Å². The number of aromatic nitrogens is 2. The van der Waals surface area contributed by atoms with Gasteiger partial charge in [-0.15, -0.1) is 0 Å². The fraction of sp³-hybridized carbons (Fsp3) is 0.750. The van der Waals surface area contributed by atoms with E-state index < -0.39 is 0 Å². The zero-order valence-corrected chi connectivity index (χ0v) is 12.6. The van der Waals surface area contributed by atoms with E-state index in [4.69, 9.17) is 4.74 Å². The first kappa shape index (κ1) is 15.4. The van der Waals surface area contributed by atoms with Gasteiger partial charge >= 0.3 is 0 Å². The van der Waals surface area contributed by atoms with E-state index in [0.29, 0.717) is 5.92 Å². The number of nitrogens with zero attached hydrogens (tertiary/aromatic N) is 2. The van der Waals surface area contributed by atoms with Crippen molar-refractivity contribution in [2.24, 2.45) is 0 Å². The standard InChI is InChI=1S/C16H27N3O/c1-20-10-9-17-11-14-12-18-16(19-13-14)15-7-5-3-2-4-6-8-15/h12-13,15,17H,2-11H2,1H3. The second-order valence-electron chi connectivity index (χ2n) is 5.66. The van der Waals surface area contributed by atoms with Gasteiger partial charge in [0.25, 0.3) is 0 Å². The summed E-state index contributed by atoms with van der Waals surface area (Å²) in [7, 11) is 1.72. The van der Waals surface area contributed by atoms with E-state index in [-0.39, 0.29) is 0 Å². The van der Waals surface area contributed by atoms with Crippen molar-refractivity contribution in [2.75, 3.05) is 20.3 Å². The predicted molar refractivity (Wildman–Crippen MR) is 80.7 cm³/mol. The quantitative estimate of drug-likeness (QED) is 0.812. The molecule has 4 nitrogen and oxygen atoms in total. The zero-order valence-electron chi connectivity index (χ0n) is 12.6. The molecule has 0 bridgehead atoms. The zero-order chi connectivity index (χ0) is 14.0. The Balaban J connectivity index is 1.83. The summed E-state index contributed by atoms with van der Waals surface area (Å²) in [6.07, 6.45) is 13.3. The van der Waals surface area contributed by atoms with Crippen LogP contribution in [0.4, 0.5) is 0 Å². The maximum atomic E-state index is 5.01. The molecule has 0 radical (unpaired) electrons. The number of hydrogen-bond donors (Lipinski definition) is 1. The van der Waals surface area contributed by atoms with Gasteiger partial charge in [0, 0.05) is 44.1 Å². The molecule has 0 unspecified atom stereocenters. The predicted octanol–water partition coefficient (Wildman–Crippen LogP) is 3.04. The fourth-order valence-electron chi connectivity index (χ4n) is 2.79. The molecule has 1 heterocycles.